The number of furan rings is 1. The van der Waals surface area contributed by atoms with Gasteiger partial charge in [0.15, 0.2) is 0 Å². The molecule has 1 aromatic rings. The van der Waals surface area contributed by atoms with Gasteiger partial charge < -0.3 is 14.6 Å². The molecule has 0 aromatic carbocycles. The van der Waals surface area contributed by atoms with Gasteiger partial charge in [-0.1, -0.05) is 13.3 Å². The van der Waals surface area contributed by atoms with E-state index in [0.29, 0.717) is 6.04 Å². The largest absolute Gasteiger partial charge is 0.469 e. The van der Waals surface area contributed by atoms with Crippen LogP contribution in [0.25, 0.3) is 0 Å². The van der Waals surface area contributed by atoms with Crippen LogP contribution in [-0.2, 0) is 6.54 Å². The summed E-state index contributed by atoms with van der Waals surface area (Å²) in [4.78, 5) is 2.40. The quantitative estimate of drug-likeness (QED) is 0.871. The van der Waals surface area contributed by atoms with Crippen LogP contribution in [0.1, 0.15) is 37.5 Å². The molecular weight excluding hydrogens is 224 g/mol. The average Bonchev–Trinajstić information content (AvgIpc) is 2.75. The Morgan fingerprint density at radius 3 is 3.00 bits per heavy atom. The molecular formula is C15H26N2O. The highest BCUT2D eigenvalue weighted by atomic mass is 16.3. The lowest BCUT2D eigenvalue weighted by Crippen LogP contribution is -2.44. The van der Waals surface area contributed by atoms with Crippen molar-refractivity contribution in [2.75, 3.05) is 20.1 Å². The standard InChI is InChI=1S/C15H26N2O/c1-4-13-5-7-16-15(9-13)11-17(3)10-14-6-8-18-12(14)2/h6,8,13,15-16H,4-5,7,9-11H2,1-3H3. The van der Waals surface area contributed by atoms with Crippen molar-refractivity contribution < 1.29 is 4.42 Å². The maximum absolute atomic E-state index is 5.35. The van der Waals surface area contributed by atoms with Gasteiger partial charge in [0, 0.05) is 24.7 Å². The normalized spacial score (nSPS) is 24.7. The monoisotopic (exact) mass is 250 g/mol. The van der Waals surface area contributed by atoms with Gasteiger partial charge in [-0.15, -0.1) is 0 Å². The minimum atomic E-state index is 0.654. The van der Waals surface area contributed by atoms with Gasteiger partial charge in [-0.05, 0) is 45.3 Å². The number of nitrogens with one attached hydrogen (secondary N) is 1. The summed E-state index contributed by atoms with van der Waals surface area (Å²) >= 11 is 0. The summed E-state index contributed by atoms with van der Waals surface area (Å²) in [5, 5.41) is 3.64. The van der Waals surface area contributed by atoms with Crippen LogP contribution in [0.15, 0.2) is 16.7 Å². The fourth-order valence-electron chi connectivity index (χ4n) is 2.91. The summed E-state index contributed by atoms with van der Waals surface area (Å²) < 4.78 is 5.35. The minimum Gasteiger partial charge on any atom is -0.469 e. The fraction of sp³-hybridized carbons (Fsp3) is 0.733. The van der Waals surface area contributed by atoms with E-state index < -0.39 is 0 Å². The van der Waals surface area contributed by atoms with Crippen molar-refractivity contribution in [1.29, 1.82) is 0 Å². The molecule has 3 nitrogen and oxygen atoms in total. The highest BCUT2D eigenvalue weighted by Gasteiger charge is 2.21. The van der Waals surface area contributed by atoms with E-state index in [4.69, 9.17) is 4.42 Å². The third-order valence-electron chi connectivity index (χ3n) is 4.12. The van der Waals surface area contributed by atoms with Crippen LogP contribution in [-0.4, -0.2) is 31.1 Å². The van der Waals surface area contributed by atoms with E-state index in [1.807, 2.05) is 6.92 Å². The number of hydrogen-bond donors (Lipinski definition) is 1. The number of likely N-dealkylation sites (N-methyl/N-ethyl adjacent to an activating group) is 1. The van der Waals surface area contributed by atoms with Crippen molar-refractivity contribution in [2.24, 2.45) is 5.92 Å². The van der Waals surface area contributed by atoms with Crippen LogP contribution in [0, 0.1) is 12.8 Å². The summed E-state index contributed by atoms with van der Waals surface area (Å²) in [6, 6.07) is 2.73. The zero-order valence-corrected chi connectivity index (χ0v) is 11.9. The zero-order valence-electron chi connectivity index (χ0n) is 11.9. The van der Waals surface area contributed by atoms with Gasteiger partial charge in [0.1, 0.15) is 5.76 Å². The summed E-state index contributed by atoms with van der Waals surface area (Å²) in [7, 11) is 2.20. The minimum absolute atomic E-state index is 0.654. The van der Waals surface area contributed by atoms with Gasteiger partial charge in [0.2, 0.25) is 0 Å². The Balaban J connectivity index is 1.80. The van der Waals surface area contributed by atoms with Crippen LogP contribution >= 0.6 is 0 Å². The molecule has 0 radical (unpaired) electrons. The fourth-order valence-corrected chi connectivity index (χ4v) is 2.91. The summed E-state index contributed by atoms with van der Waals surface area (Å²) in [6.07, 6.45) is 5.77. The molecule has 1 saturated heterocycles. The zero-order chi connectivity index (χ0) is 13.0. The Morgan fingerprint density at radius 1 is 1.50 bits per heavy atom. The van der Waals surface area contributed by atoms with E-state index >= 15 is 0 Å². The van der Waals surface area contributed by atoms with Crippen molar-refractivity contribution in [3.8, 4) is 0 Å². The molecule has 2 heterocycles. The SMILES string of the molecule is CCC1CCNC(CN(C)Cc2ccoc2C)C1. The average molecular weight is 250 g/mol. The number of hydrogen-bond acceptors (Lipinski definition) is 3. The van der Waals surface area contributed by atoms with Gasteiger partial charge in [-0.3, -0.25) is 0 Å². The van der Waals surface area contributed by atoms with Gasteiger partial charge in [-0.2, -0.15) is 0 Å². The van der Waals surface area contributed by atoms with Gasteiger partial charge in [-0.25, -0.2) is 0 Å². The third kappa shape index (κ3) is 3.59. The maximum atomic E-state index is 5.35. The molecule has 1 aliphatic heterocycles. The van der Waals surface area contributed by atoms with E-state index in [2.05, 4.69) is 30.3 Å². The molecule has 2 rings (SSSR count). The highest BCUT2D eigenvalue weighted by molar-refractivity contribution is 5.15. The van der Waals surface area contributed by atoms with E-state index in [0.717, 1.165) is 24.8 Å². The molecule has 1 aromatic heterocycles. The van der Waals surface area contributed by atoms with E-state index in [9.17, 15) is 0 Å². The van der Waals surface area contributed by atoms with Crippen LogP contribution in [0.4, 0.5) is 0 Å². The van der Waals surface area contributed by atoms with Crippen LogP contribution in [0.5, 0.6) is 0 Å². The Hall–Kier alpha value is -0.800. The molecule has 0 bridgehead atoms. The molecule has 0 spiro atoms. The lowest BCUT2D eigenvalue weighted by atomic mass is 9.90. The van der Waals surface area contributed by atoms with Crippen LogP contribution in [0.3, 0.4) is 0 Å². The van der Waals surface area contributed by atoms with E-state index in [1.165, 1.54) is 31.4 Å². The molecule has 2 atom stereocenters. The molecule has 1 aliphatic rings. The first-order chi connectivity index (χ1) is 8.69. The van der Waals surface area contributed by atoms with Crippen molar-refractivity contribution in [3.63, 3.8) is 0 Å². The molecule has 0 saturated carbocycles. The van der Waals surface area contributed by atoms with Crippen molar-refractivity contribution in [2.45, 2.75) is 45.7 Å². The first kappa shape index (κ1) is 13.6. The predicted octanol–water partition coefficient (Wildman–Crippen LogP) is 2.80. The van der Waals surface area contributed by atoms with Gasteiger partial charge >= 0.3 is 0 Å². The first-order valence-corrected chi connectivity index (χ1v) is 7.14. The number of nitrogens with zero attached hydrogens (tertiary/aromatic N) is 1. The summed E-state index contributed by atoms with van der Waals surface area (Å²) in [6.45, 7) is 7.64. The smallest absolute Gasteiger partial charge is 0.105 e. The Bertz CT molecular complexity index is 361. The van der Waals surface area contributed by atoms with Crippen molar-refractivity contribution >= 4 is 0 Å². The second kappa shape index (κ2) is 6.39. The highest BCUT2D eigenvalue weighted by Crippen LogP contribution is 2.20. The van der Waals surface area contributed by atoms with Crippen LogP contribution in [0.2, 0.25) is 0 Å². The number of rotatable bonds is 5. The Morgan fingerprint density at radius 2 is 2.33 bits per heavy atom. The van der Waals surface area contributed by atoms with Crippen LogP contribution < -0.4 is 5.32 Å². The molecule has 2 unspecified atom stereocenters. The Labute approximate surface area is 111 Å². The second-order valence-corrected chi connectivity index (χ2v) is 5.65. The maximum Gasteiger partial charge on any atom is 0.105 e. The number of piperidine rings is 1. The first-order valence-electron chi connectivity index (χ1n) is 7.14. The lowest BCUT2D eigenvalue weighted by Gasteiger charge is -2.32. The van der Waals surface area contributed by atoms with E-state index in [1.54, 1.807) is 6.26 Å². The molecule has 18 heavy (non-hydrogen) atoms. The molecule has 0 aliphatic carbocycles. The molecule has 3 heteroatoms. The molecule has 0 amide bonds. The molecule has 102 valence electrons. The van der Waals surface area contributed by atoms with Gasteiger partial charge in [0.25, 0.3) is 0 Å². The van der Waals surface area contributed by atoms with Crippen molar-refractivity contribution in [1.82, 2.24) is 10.2 Å². The molecule has 1 fully saturated rings. The van der Waals surface area contributed by atoms with Crippen molar-refractivity contribution in [3.05, 3.63) is 23.7 Å². The lowest BCUT2D eigenvalue weighted by molar-refractivity contribution is 0.220. The Kier molecular flexibility index (Phi) is 4.84. The predicted molar refractivity (Wildman–Crippen MR) is 74.6 cm³/mol. The topological polar surface area (TPSA) is 28.4 Å². The van der Waals surface area contributed by atoms with E-state index in [-0.39, 0.29) is 0 Å². The summed E-state index contributed by atoms with van der Waals surface area (Å²) in [5.41, 5.74) is 1.31. The van der Waals surface area contributed by atoms with Gasteiger partial charge in [0.05, 0.1) is 6.26 Å². The third-order valence-corrected chi connectivity index (χ3v) is 4.12. The number of aryl methyl sites for hydroxylation is 1. The summed E-state index contributed by atoms with van der Waals surface area (Å²) in [5.74, 6) is 1.96. The molecule has 1 N–H and O–H groups in total. The second-order valence-electron chi connectivity index (χ2n) is 5.65.